The van der Waals surface area contributed by atoms with E-state index in [0.717, 1.165) is 31.1 Å². The van der Waals surface area contributed by atoms with Gasteiger partial charge >= 0.3 is 6.18 Å². The van der Waals surface area contributed by atoms with Crippen molar-refractivity contribution in [3.8, 4) is 5.75 Å². The number of anilines is 1. The number of primary amides is 1. The normalized spacial score (nSPS) is 23.1. The minimum absolute atomic E-state index is 0.150. The fourth-order valence-electron chi connectivity index (χ4n) is 2.93. The van der Waals surface area contributed by atoms with E-state index in [-0.39, 0.29) is 12.2 Å². The summed E-state index contributed by atoms with van der Waals surface area (Å²) in [7, 11) is 1.06. The molecule has 1 saturated heterocycles. The number of methoxy groups -OCH3 is 1. The van der Waals surface area contributed by atoms with Gasteiger partial charge in [-0.2, -0.15) is 17.6 Å². The number of amides is 1. The van der Waals surface area contributed by atoms with E-state index in [1.165, 1.54) is 0 Å². The highest BCUT2D eigenvalue weighted by molar-refractivity contribution is 5.86. The highest BCUT2D eigenvalue weighted by Crippen LogP contribution is 2.51. The number of nitrogens with zero attached hydrogens (tertiary/aromatic N) is 1. The number of benzene rings is 1. The van der Waals surface area contributed by atoms with Crippen molar-refractivity contribution in [2.45, 2.75) is 39.4 Å². The van der Waals surface area contributed by atoms with Crippen LogP contribution in [-0.4, -0.2) is 31.8 Å². The molecule has 0 aliphatic carbocycles. The molecule has 2 N–H and O–H groups in total. The number of rotatable bonds is 3. The maximum atomic E-state index is 13.8. The lowest BCUT2D eigenvalue weighted by Crippen LogP contribution is -2.54. The van der Waals surface area contributed by atoms with Crippen LogP contribution in [0.15, 0.2) is 12.1 Å². The van der Waals surface area contributed by atoms with E-state index < -0.39 is 47.3 Å². The third-order valence-corrected chi connectivity index (χ3v) is 4.25. The lowest BCUT2D eigenvalue weighted by Gasteiger charge is -2.35. The van der Waals surface area contributed by atoms with Crippen LogP contribution in [0.3, 0.4) is 0 Å². The molecule has 1 aliphatic heterocycles. The quantitative estimate of drug-likeness (QED) is 0.829. The molecule has 0 radical (unpaired) electrons. The van der Waals surface area contributed by atoms with Crippen molar-refractivity contribution in [3.63, 3.8) is 0 Å². The highest BCUT2D eigenvalue weighted by atomic mass is 19.4. The number of ether oxygens (including phenoxy) is 1. The molecule has 2 rings (SSSR count). The van der Waals surface area contributed by atoms with Gasteiger partial charge < -0.3 is 15.4 Å². The van der Waals surface area contributed by atoms with E-state index in [9.17, 15) is 26.7 Å². The molecule has 9 heteroatoms. The standard InChI is InChI=1S/C14H15F5N2O2.C2H6/c1-13(14(17,18)19)5-6-21(11(13)12(20)22)8-4-3-7(15)9(16)10(8)23-2;1-2/h3-4,11H,5-6H2,1-2H3,(H2,20,22);1-2H3. The van der Waals surface area contributed by atoms with Gasteiger partial charge in [0, 0.05) is 6.54 Å². The number of hydrogen-bond donors (Lipinski definition) is 1. The van der Waals surface area contributed by atoms with Gasteiger partial charge in [0.15, 0.2) is 11.6 Å². The van der Waals surface area contributed by atoms with Crippen molar-refractivity contribution in [1.82, 2.24) is 0 Å². The van der Waals surface area contributed by atoms with Gasteiger partial charge in [-0.25, -0.2) is 4.39 Å². The molecule has 0 bridgehead atoms. The summed E-state index contributed by atoms with van der Waals surface area (Å²) in [4.78, 5) is 12.7. The molecule has 1 aliphatic rings. The van der Waals surface area contributed by atoms with E-state index in [1.54, 1.807) is 0 Å². The monoisotopic (exact) mass is 368 g/mol. The number of carbonyl (C=O) groups is 1. The van der Waals surface area contributed by atoms with E-state index in [0.29, 0.717) is 0 Å². The zero-order valence-corrected chi connectivity index (χ0v) is 14.4. The molecular formula is C16H21F5N2O2. The Morgan fingerprint density at radius 3 is 2.32 bits per heavy atom. The van der Waals surface area contributed by atoms with Crippen LogP contribution >= 0.6 is 0 Å². The third kappa shape index (κ3) is 3.50. The fraction of sp³-hybridized carbons (Fsp3) is 0.562. The second-order valence-corrected chi connectivity index (χ2v) is 5.58. The first-order valence-corrected chi connectivity index (χ1v) is 7.69. The number of nitrogens with two attached hydrogens (primary N) is 1. The van der Waals surface area contributed by atoms with Crippen LogP contribution in [0.4, 0.5) is 27.6 Å². The number of carbonyl (C=O) groups excluding carboxylic acids is 1. The van der Waals surface area contributed by atoms with E-state index in [1.807, 2.05) is 13.8 Å². The Hall–Kier alpha value is -2.06. The van der Waals surface area contributed by atoms with Crippen molar-refractivity contribution in [2.75, 3.05) is 18.6 Å². The average molecular weight is 368 g/mol. The molecule has 1 heterocycles. The first kappa shape index (κ1) is 21.0. The van der Waals surface area contributed by atoms with Crippen LogP contribution in [0, 0.1) is 17.0 Å². The lowest BCUT2D eigenvalue weighted by atomic mass is 9.81. The van der Waals surface area contributed by atoms with Gasteiger partial charge in [0.25, 0.3) is 0 Å². The highest BCUT2D eigenvalue weighted by Gasteiger charge is 2.62. The molecule has 2 unspecified atom stereocenters. The zero-order chi connectivity index (χ0) is 19.6. The summed E-state index contributed by atoms with van der Waals surface area (Å²) >= 11 is 0. The molecule has 1 aromatic carbocycles. The Bertz CT molecular complexity index is 636. The minimum atomic E-state index is -4.69. The first-order chi connectivity index (χ1) is 11.5. The maximum absolute atomic E-state index is 13.8. The minimum Gasteiger partial charge on any atom is -0.491 e. The average Bonchev–Trinajstić information content (AvgIpc) is 2.90. The molecule has 1 aromatic rings. The molecule has 2 atom stereocenters. The largest absolute Gasteiger partial charge is 0.491 e. The number of alkyl halides is 3. The Balaban J connectivity index is 0.00000151. The van der Waals surface area contributed by atoms with E-state index in [2.05, 4.69) is 0 Å². The fourth-order valence-corrected chi connectivity index (χ4v) is 2.93. The summed E-state index contributed by atoms with van der Waals surface area (Å²) < 4.78 is 72.0. The van der Waals surface area contributed by atoms with Crippen LogP contribution in [0.5, 0.6) is 5.75 Å². The second-order valence-electron chi connectivity index (χ2n) is 5.58. The Morgan fingerprint density at radius 2 is 1.88 bits per heavy atom. The molecule has 0 spiro atoms. The zero-order valence-electron chi connectivity index (χ0n) is 14.4. The Labute approximate surface area is 142 Å². The molecule has 1 fully saturated rings. The molecular weight excluding hydrogens is 347 g/mol. The van der Waals surface area contributed by atoms with Gasteiger partial charge in [-0.3, -0.25) is 4.79 Å². The summed E-state index contributed by atoms with van der Waals surface area (Å²) in [6.45, 7) is 4.68. The van der Waals surface area contributed by atoms with Gasteiger partial charge in [-0.1, -0.05) is 13.8 Å². The van der Waals surface area contributed by atoms with Crippen molar-refractivity contribution < 1.29 is 31.5 Å². The van der Waals surface area contributed by atoms with Crippen molar-refractivity contribution in [1.29, 1.82) is 0 Å². The summed E-state index contributed by atoms with van der Waals surface area (Å²) in [5.74, 6) is -4.32. The van der Waals surface area contributed by atoms with Gasteiger partial charge in [0.1, 0.15) is 6.04 Å². The summed E-state index contributed by atoms with van der Waals surface area (Å²) in [5, 5.41) is 0. The molecule has 0 saturated carbocycles. The van der Waals surface area contributed by atoms with Crippen molar-refractivity contribution in [2.24, 2.45) is 11.1 Å². The van der Waals surface area contributed by atoms with Gasteiger partial charge in [0.2, 0.25) is 11.7 Å². The Morgan fingerprint density at radius 1 is 1.32 bits per heavy atom. The summed E-state index contributed by atoms with van der Waals surface area (Å²) in [5.41, 5.74) is 2.62. The molecule has 142 valence electrons. The van der Waals surface area contributed by atoms with Crippen LogP contribution in [-0.2, 0) is 4.79 Å². The molecule has 0 aromatic heterocycles. The van der Waals surface area contributed by atoms with Crippen molar-refractivity contribution in [3.05, 3.63) is 23.8 Å². The molecule has 4 nitrogen and oxygen atoms in total. The predicted molar refractivity (Wildman–Crippen MR) is 83.4 cm³/mol. The van der Waals surface area contributed by atoms with Crippen LogP contribution in [0.25, 0.3) is 0 Å². The molecule has 1 amide bonds. The van der Waals surface area contributed by atoms with Gasteiger partial charge in [0.05, 0.1) is 18.2 Å². The second kappa shape index (κ2) is 7.45. The van der Waals surface area contributed by atoms with Crippen LogP contribution in [0.1, 0.15) is 27.2 Å². The summed E-state index contributed by atoms with van der Waals surface area (Å²) in [6.07, 6.45) is -5.10. The van der Waals surface area contributed by atoms with Crippen LogP contribution < -0.4 is 15.4 Å². The van der Waals surface area contributed by atoms with E-state index in [4.69, 9.17) is 10.5 Å². The number of hydrogen-bond acceptors (Lipinski definition) is 3. The van der Waals surface area contributed by atoms with Gasteiger partial charge in [-0.15, -0.1) is 0 Å². The summed E-state index contributed by atoms with van der Waals surface area (Å²) in [6, 6.07) is 0.0744. The maximum Gasteiger partial charge on any atom is 0.396 e. The van der Waals surface area contributed by atoms with E-state index >= 15 is 0 Å². The first-order valence-electron chi connectivity index (χ1n) is 7.69. The van der Waals surface area contributed by atoms with Crippen molar-refractivity contribution >= 4 is 11.6 Å². The SMILES string of the molecule is CC.COc1c(N2CCC(C)(C(F)(F)F)C2C(N)=O)ccc(F)c1F. The number of halogens is 5. The topological polar surface area (TPSA) is 55.6 Å². The smallest absolute Gasteiger partial charge is 0.396 e. The van der Waals surface area contributed by atoms with Gasteiger partial charge in [-0.05, 0) is 25.5 Å². The predicted octanol–water partition coefficient (Wildman–Crippen LogP) is 3.63. The molecule has 25 heavy (non-hydrogen) atoms. The van der Waals surface area contributed by atoms with Crippen LogP contribution in [0.2, 0.25) is 0 Å². The third-order valence-electron chi connectivity index (χ3n) is 4.25. The lowest BCUT2D eigenvalue weighted by molar-refractivity contribution is -0.219. The Kier molecular flexibility index (Phi) is 6.25.